The molecular weight excluding hydrogens is 753 g/mol. The molecule has 0 saturated heterocycles. The van der Waals surface area contributed by atoms with E-state index in [0.717, 1.165) is 68.5 Å². The van der Waals surface area contributed by atoms with Gasteiger partial charge in [-0.25, -0.2) is 9.97 Å². The van der Waals surface area contributed by atoms with E-state index in [9.17, 15) is 0 Å². The topological polar surface area (TPSA) is 35.6 Å². The second kappa shape index (κ2) is 14.6. The van der Waals surface area contributed by atoms with Gasteiger partial charge in [0.15, 0.2) is 0 Å². The first-order chi connectivity index (χ1) is 30.7. The maximum absolute atomic E-state index is 5.49. The smallest absolute Gasteiger partial charge is 0.235 e. The molecule has 62 heavy (non-hydrogen) atoms. The minimum absolute atomic E-state index is 0.664. The highest BCUT2D eigenvalue weighted by atomic mass is 15.2. The van der Waals surface area contributed by atoms with Crippen LogP contribution in [-0.4, -0.2) is 19.1 Å². The Hall–Kier alpha value is -8.08. The lowest BCUT2D eigenvalue weighted by atomic mass is 9.89. The maximum atomic E-state index is 5.49. The van der Waals surface area contributed by atoms with E-state index in [1.54, 1.807) is 0 Å². The quantitative estimate of drug-likeness (QED) is 0.161. The van der Waals surface area contributed by atoms with E-state index in [0.29, 0.717) is 5.95 Å². The van der Waals surface area contributed by atoms with Gasteiger partial charge < -0.3 is 4.57 Å². The summed E-state index contributed by atoms with van der Waals surface area (Å²) in [5.41, 5.74) is 15.8. The molecule has 0 atom stereocenters. The first-order valence-corrected chi connectivity index (χ1v) is 21.3. The normalized spacial score (nSPS) is 12.6. The van der Waals surface area contributed by atoms with Crippen LogP contribution < -0.4 is 0 Å². The number of nitrogens with zero attached hydrogens (tertiary/aromatic N) is 4. The molecule has 0 N–H and O–H groups in total. The molecule has 11 aromatic rings. The second-order valence-electron chi connectivity index (χ2n) is 16.1. The van der Waals surface area contributed by atoms with Crippen molar-refractivity contribution in [3.05, 3.63) is 217 Å². The van der Waals surface area contributed by atoms with Gasteiger partial charge in [-0.1, -0.05) is 170 Å². The highest BCUT2D eigenvalue weighted by Crippen LogP contribution is 2.41. The number of allylic oxidation sites excluding steroid dienone is 1. The highest BCUT2D eigenvalue weighted by Gasteiger charge is 2.23. The molecule has 0 radical (unpaired) electrons. The Labute approximate surface area is 359 Å². The van der Waals surface area contributed by atoms with Gasteiger partial charge in [-0.2, -0.15) is 0 Å². The van der Waals surface area contributed by atoms with Gasteiger partial charge in [0.25, 0.3) is 0 Å². The minimum Gasteiger partial charge on any atom is -0.309 e. The molecule has 0 aliphatic heterocycles. The zero-order chi connectivity index (χ0) is 41.1. The van der Waals surface area contributed by atoms with Crippen molar-refractivity contribution in [2.24, 2.45) is 0 Å². The molecule has 0 spiro atoms. The van der Waals surface area contributed by atoms with Crippen molar-refractivity contribution >= 4 is 78.7 Å². The largest absolute Gasteiger partial charge is 0.309 e. The number of para-hydroxylation sites is 4. The number of aromatic nitrogens is 4. The number of hydrogen-bond acceptors (Lipinski definition) is 2. The molecule has 3 heterocycles. The SMILES string of the molecule is C=Cc1c(/C=C/c2cc3c4ccccc4n(-c4nc(-c5ccc(-c6cccc7ccccc67)cc5)c5ccccc5n4)c3c3c2CCC=C3)c2ccccc2n1-c1ccccc1. The fraction of sp³-hybridized carbons (Fsp3) is 0.0345. The molecule has 3 aromatic heterocycles. The molecule has 4 heteroatoms. The molecular formula is C58H40N4. The molecule has 1 aliphatic rings. The van der Waals surface area contributed by atoms with Crippen molar-refractivity contribution in [1.82, 2.24) is 19.1 Å². The monoisotopic (exact) mass is 792 g/mol. The van der Waals surface area contributed by atoms with Gasteiger partial charge in [0.1, 0.15) is 0 Å². The minimum atomic E-state index is 0.664. The predicted octanol–water partition coefficient (Wildman–Crippen LogP) is 14.9. The molecule has 0 saturated carbocycles. The number of benzene rings is 8. The molecule has 4 nitrogen and oxygen atoms in total. The third-order valence-electron chi connectivity index (χ3n) is 12.6. The van der Waals surface area contributed by atoms with E-state index in [-0.39, 0.29) is 0 Å². The highest BCUT2D eigenvalue weighted by molar-refractivity contribution is 6.13. The predicted molar refractivity (Wildman–Crippen MR) is 262 cm³/mol. The lowest BCUT2D eigenvalue weighted by Crippen LogP contribution is -2.06. The standard InChI is InChI=1S/C58H40N4/c1-2-53-48(46-23-11-14-29-54(46)61(53)42-19-4-3-5-20-42)36-35-41-37-51-47-24-12-15-30-55(47)62(57(51)49-25-9-8-22-45(41)49)58-59-52-28-13-10-26-50(52)56(60-58)40-33-31-39(32-34-40)44-27-16-18-38-17-6-7-21-43(38)44/h2-7,9-21,23-37H,1,8,22H2/b36-35+. The van der Waals surface area contributed by atoms with E-state index in [4.69, 9.17) is 9.97 Å². The van der Waals surface area contributed by atoms with E-state index in [2.05, 4.69) is 216 Å². The Bertz CT molecular complexity index is 3630. The van der Waals surface area contributed by atoms with Crippen LogP contribution in [0.15, 0.2) is 189 Å². The van der Waals surface area contributed by atoms with E-state index >= 15 is 0 Å². The summed E-state index contributed by atoms with van der Waals surface area (Å²) in [6.07, 6.45) is 13.1. The summed E-state index contributed by atoms with van der Waals surface area (Å²) in [6.45, 7) is 4.30. The first-order valence-electron chi connectivity index (χ1n) is 21.3. The Kier molecular flexibility index (Phi) is 8.42. The van der Waals surface area contributed by atoms with E-state index in [1.165, 1.54) is 54.7 Å². The van der Waals surface area contributed by atoms with Crippen molar-refractivity contribution in [3.8, 4) is 34.0 Å². The van der Waals surface area contributed by atoms with Crippen LogP contribution in [0.25, 0.3) is 113 Å². The number of fused-ring (bicyclic) bond motifs is 8. The molecule has 8 aromatic carbocycles. The summed E-state index contributed by atoms with van der Waals surface area (Å²) in [4.78, 5) is 10.8. The maximum Gasteiger partial charge on any atom is 0.235 e. The average molecular weight is 793 g/mol. The van der Waals surface area contributed by atoms with Crippen molar-refractivity contribution in [2.75, 3.05) is 0 Å². The molecule has 1 aliphatic carbocycles. The van der Waals surface area contributed by atoms with Crippen LogP contribution in [0.3, 0.4) is 0 Å². The summed E-state index contributed by atoms with van der Waals surface area (Å²) in [7, 11) is 0. The Morgan fingerprint density at radius 2 is 1.23 bits per heavy atom. The van der Waals surface area contributed by atoms with Crippen LogP contribution in [0.1, 0.15) is 34.4 Å². The average Bonchev–Trinajstić information content (AvgIpc) is 3.85. The Morgan fingerprint density at radius 1 is 0.548 bits per heavy atom. The van der Waals surface area contributed by atoms with Gasteiger partial charge in [-0.05, 0) is 88.3 Å². The zero-order valence-electron chi connectivity index (χ0n) is 34.0. The summed E-state index contributed by atoms with van der Waals surface area (Å²) in [5, 5.41) is 7.05. The van der Waals surface area contributed by atoms with Gasteiger partial charge in [-0.15, -0.1) is 0 Å². The molecule has 12 rings (SSSR count). The fourth-order valence-corrected chi connectivity index (χ4v) is 9.82. The lowest BCUT2D eigenvalue weighted by molar-refractivity contribution is 0.974. The van der Waals surface area contributed by atoms with Crippen LogP contribution in [-0.2, 0) is 6.42 Å². The lowest BCUT2D eigenvalue weighted by Gasteiger charge is -2.18. The van der Waals surface area contributed by atoms with Gasteiger partial charge in [-0.3, -0.25) is 4.57 Å². The van der Waals surface area contributed by atoms with Crippen LogP contribution in [0.5, 0.6) is 0 Å². The van der Waals surface area contributed by atoms with Crippen molar-refractivity contribution in [1.29, 1.82) is 0 Å². The molecule has 0 unspecified atom stereocenters. The van der Waals surface area contributed by atoms with Crippen LogP contribution in [0.4, 0.5) is 0 Å². The Morgan fingerprint density at radius 3 is 2.05 bits per heavy atom. The van der Waals surface area contributed by atoms with Gasteiger partial charge in [0.05, 0.1) is 33.5 Å². The van der Waals surface area contributed by atoms with Gasteiger partial charge in [0.2, 0.25) is 5.95 Å². The summed E-state index contributed by atoms with van der Waals surface area (Å²) in [5.74, 6) is 0.664. The van der Waals surface area contributed by atoms with E-state index < -0.39 is 0 Å². The molecule has 292 valence electrons. The van der Waals surface area contributed by atoms with Crippen molar-refractivity contribution < 1.29 is 0 Å². The fourth-order valence-electron chi connectivity index (χ4n) is 9.82. The molecule has 0 fully saturated rings. The van der Waals surface area contributed by atoms with Crippen molar-refractivity contribution in [2.45, 2.75) is 12.8 Å². The summed E-state index contributed by atoms with van der Waals surface area (Å²) >= 11 is 0. The van der Waals surface area contributed by atoms with Crippen LogP contribution in [0.2, 0.25) is 0 Å². The first kappa shape index (κ1) is 35.8. The van der Waals surface area contributed by atoms with Gasteiger partial charge in [0, 0.05) is 43.9 Å². The van der Waals surface area contributed by atoms with Gasteiger partial charge >= 0.3 is 0 Å². The Balaban J connectivity index is 1.04. The van der Waals surface area contributed by atoms with E-state index in [1.807, 2.05) is 6.08 Å². The summed E-state index contributed by atoms with van der Waals surface area (Å²) in [6, 6.07) is 62.6. The third-order valence-corrected chi connectivity index (χ3v) is 12.6. The van der Waals surface area contributed by atoms with Crippen LogP contribution in [0, 0.1) is 0 Å². The zero-order valence-corrected chi connectivity index (χ0v) is 34.0. The van der Waals surface area contributed by atoms with Crippen LogP contribution >= 0.6 is 0 Å². The second-order valence-corrected chi connectivity index (χ2v) is 16.1. The third kappa shape index (κ3) is 5.68. The number of hydrogen-bond donors (Lipinski definition) is 0. The molecule has 0 bridgehead atoms. The number of rotatable bonds is 7. The molecule has 0 amide bonds. The van der Waals surface area contributed by atoms with Crippen molar-refractivity contribution in [3.63, 3.8) is 0 Å². The summed E-state index contributed by atoms with van der Waals surface area (Å²) < 4.78 is 4.62.